The van der Waals surface area contributed by atoms with Crippen LogP contribution in [-0.2, 0) is 9.59 Å². The molecule has 7 nitrogen and oxygen atoms in total. The van der Waals surface area contributed by atoms with Gasteiger partial charge in [0.1, 0.15) is 11.8 Å². The summed E-state index contributed by atoms with van der Waals surface area (Å²) in [6.07, 6.45) is 0. The molecule has 3 amide bonds. The van der Waals surface area contributed by atoms with E-state index in [1.54, 1.807) is 43.1 Å². The Morgan fingerprint density at radius 2 is 2.00 bits per heavy atom. The molecule has 0 aromatic heterocycles. The van der Waals surface area contributed by atoms with Gasteiger partial charge in [0, 0.05) is 31.3 Å². The second-order valence-electron chi connectivity index (χ2n) is 6.50. The fourth-order valence-electron chi connectivity index (χ4n) is 3.09. The number of benzene rings is 2. The molecule has 0 radical (unpaired) electrons. The molecular weight excluding hydrogens is 358 g/mol. The molecule has 2 aromatic carbocycles. The molecule has 2 N–H and O–H groups in total. The maximum Gasteiger partial charge on any atom is 0.257 e. The average molecular weight is 381 g/mol. The number of hydrogen-bond donors (Lipinski definition) is 2. The standard InChI is InChI=1S/C21H23N3O4/c1-14-20(26)23-10-11-24(14)21(27)16-7-5-6-15(12-16)17-8-3-4-9-18(17)28-13-19(25)22-2/h3-9,12,14H,10-11,13H2,1-2H3,(H,22,25)(H,23,26)/t14-/m0/s1. The fourth-order valence-corrected chi connectivity index (χ4v) is 3.09. The van der Waals surface area contributed by atoms with Crippen molar-refractivity contribution in [2.24, 2.45) is 0 Å². The minimum Gasteiger partial charge on any atom is -0.483 e. The van der Waals surface area contributed by atoms with Crippen molar-refractivity contribution < 1.29 is 19.1 Å². The van der Waals surface area contributed by atoms with Crippen LogP contribution in [0.25, 0.3) is 11.1 Å². The second-order valence-corrected chi connectivity index (χ2v) is 6.50. The first-order chi connectivity index (χ1) is 13.5. The quantitative estimate of drug-likeness (QED) is 0.820. The summed E-state index contributed by atoms with van der Waals surface area (Å²) in [7, 11) is 1.55. The molecule has 1 aliphatic rings. The summed E-state index contributed by atoms with van der Waals surface area (Å²) in [5, 5.41) is 5.27. The third-order valence-electron chi connectivity index (χ3n) is 4.70. The summed E-state index contributed by atoms with van der Waals surface area (Å²) >= 11 is 0. The zero-order valence-corrected chi connectivity index (χ0v) is 15.9. The van der Waals surface area contributed by atoms with Crippen molar-refractivity contribution in [3.8, 4) is 16.9 Å². The van der Waals surface area contributed by atoms with Crippen molar-refractivity contribution in [3.05, 3.63) is 54.1 Å². The van der Waals surface area contributed by atoms with Gasteiger partial charge in [-0.05, 0) is 30.7 Å². The summed E-state index contributed by atoms with van der Waals surface area (Å²) in [5.41, 5.74) is 2.08. The molecule has 146 valence electrons. The highest BCUT2D eigenvalue weighted by Gasteiger charge is 2.30. The molecule has 1 heterocycles. The zero-order valence-electron chi connectivity index (χ0n) is 15.9. The van der Waals surface area contributed by atoms with Crippen LogP contribution < -0.4 is 15.4 Å². The van der Waals surface area contributed by atoms with Crippen LogP contribution in [0.4, 0.5) is 0 Å². The topological polar surface area (TPSA) is 87.7 Å². The minimum absolute atomic E-state index is 0.0907. The van der Waals surface area contributed by atoms with Crippen molar-refractivity contribution in [1.82, 2.24) is 15.5 Å². The van der Waals surface area contributed by atoms with Crippen molar-refractivity contribution in [2.75, 3.05) is 26.7 Å². The molecule has 1 fully saturated rings. The van der Waals surface area contributed by atoms with E-state index < -0.39 is 6.04 Å². The molecule has 0 unspecified atom stereocenters. The molecule has 7 heteroatoms. The number of carbonyl (C=O) groups excluding carboxylic acids is 3. The first-order valence-corrected chi connectivity index (χ1v) is 9.13. The largest absolute Gasteiger partial charge is 0.483 e. The first kappa shape index (κ1) is 19.4. The van der Waals surface area contributed by atoms with Crippen LogP contribution in [0.1, 0.15) is 17.3 Å². The molecular formula is C21H23N3O4. The number of nitrogens with one attached hydrogen (secondary N) is 2. The molecule has 1 saturated heterocycles. The van der Waals surface area contributed by atoms with Gasteiger partial charge in [0.05, 0.1) is 0 Å². The molecule has 0 aliphatic carbocycles. The molecule has 0 spiro atoms. The Hall–Kier alpha value is -3.35. The van der Waals surface area contributed by atoms with E-state index in [4.69, 9.17) is 4.74 Å². The van der Waals surface area contributed by atoms with Crippen LogP contribution in [0.5, 0.6) is 5.75 Å². The van der Waals surface area contributed by atoms with Crippen LogP contribution in [0.2, 0.25) is 0 Å². The summed E-state index contributed by atoms with van der Waals surface area (Å²) in [6, 6.07) is 14.0. The molecule has 0 saturated carbocycles. The van der Waals surface area contributed by atoms with Gasteiger partial charge < -0.3 is 20.3 Å². The maximum atomic E-state index is 12.9. The lowest BCUT2D eigenvalue weighted by molar-refractivity contribution is -0.127. The molecule has 3 rings (SSSR count). The predicted molar refractivity (Wildman–Crippen MR) is 105 cm³/mol. The van der Waals surface area contributed by atoms with E-state index in [-0.39, 0.29) is 24.3 Å². The van der Waals surface area contributed by atoms with E-state index in [0.717, 1.165) is 11.1 Å². The monoisotopic (exact) mass is 381 g/mol. The highest BCUT2D eigenvalue weighted by Crippen LogP contribution is 2.30. The lowest BCUT2D eigenvalue weighted by Gasteiger charge is -2.33. The second kappa shape index (κ2) is 8.56. The summed E-state index contributed by atoms with van der Waals surface area (Å²) in [6.45, 7) is 2.55. The number of rotatable bonds is 5. The number of likely N-dealkylation sites (N-methyl/N-ethyl adjacent to an activating group) is 1. The van der Waals surface area contributed by atoms with Gasteiger partial charge in [-0.1, -0.05) is 30.3 Å². The van der Waals surface area contributed by atoms with E-state index in [0.29, 0.717) is 24.4 Å². The highest BCUT2D eigenvalue weighted by atomic mass is 16.5. The van der Waals surface area contributed by atoms with Crippen LogP contribution in [0.3, 0.4) is 0 Å². The Morgan fingerprint density at radius 3 is 2.79 bits per heavy atom. The van der Waals surface area contributed by atoms with Gasteiger partial charge in [-0.3, -0.25) is 14.4 Å². The number of para-hydroxylation sites is 1. The number of piperazine rings is 1. The Labute approximate surface area is 163 Å². The van der Waals surface area contributed by atoms with Gasteiger partial charge in [0.15, 0.2) is 6.61 Å². The first-order valence-electron chi connectivity index (χ1n) is 9.13. The van der Waals surface area contributed by atoms with Gasteiger partial charge >= 0.3 is 0 Å². The van der Waals surface area contributed by atoms with Crippen LogP contribution in [0.15, 0.2) is 48.5 Å². The summed E-state index contributed by atoms with van der Waals surface area (Å²) < 4.78 is 5.63. The van der Waals surface area contributed by atoms with Gasteiger partial charge in [-0.15, -0.1) is 0 Å². The van der Waals surface area contributed by atoms with Crippen LogP contribution in [0, 0.1) is 0 Å². The maximum absolute atomic E-state index is 12.9. The Balaban J connectivity index is 1.87. The van der Waals surface area contributed by atoms with Crippen LogP contribution in [-0.4, -0.2) is 55.4 Å². The Morgan fingerprint density at radius 1 is 1.21 bits per heavy atom. The van der Waals surface area contributed by atoms with Crippen molar-refractivity contribution in [1.29, 1.82) is 0 Å². The Bertz CT molecular complexity index is 897. The molecule has 1 aliphatic heterocycles. The zero-order chi connectivity index (χ0) is 20.1. The number of ether oxygens (including phenoxy) is 1. The highest BCUT2D eigenvalue weighted by molar-refractivity contribution is 5.99. The van der Waals surface area contributed by atoms with E-state index in [9.17, 15) is 14.4 Å². The SMILES string of the molecule is CNC(=O)COc1ccccc1-c1cccc(C(=O)N2CCNC(=O)[C@@H]2C)c1. The molecule has 28 heavy (non-hydrogen) atoms. The van der Waals surface area contributed by atoms with E-state index in [1.165, 1.54) is 0 Å². The minimum atomic E-state index is -0.506. The fraction of sp³-hybridized carbons (Fsp3) is 0.286. The van der Waals surface area contributed by atoms with Crippen LogP contribution >= 0.6 is 0 Å². The number of amides is 3. The van der Waals surface area contributed by atoms with E-state index in [2.05, 4.69) is 10.6 Å². The van der Waals surface area contributed by atoms with E-state index >= 15 is 0 Å². The smallest absolute Gasteiger partial charge is 0.257 e. The molecule has 0 bridgehead atoms. The summed E-state index contributed by atoms with van der Waals surface area (Å²) in [4.78, 5) is 37.9. The number of hydrogen-bond acceptors (Lipinski definition) is 4. The van der Waals surface area contributed by atoms with Crippen molar-refractivity contribution in [2.45, 2.75) is 13.0 Å². The van der Waals surface area contributed by atoms with Gasteiger partial charge in [0.25, 0.3) is 11.8 Å². The lowest BCUT2D eigenvalue weighted by atomic mass is 10.0. The normalized spacial score (nSPS) is 16.3. The molecule has 1 atom stereocenters. The lowest BCUT2D eigenvalue weighted by Crippen LogP contribution is -2.55. The van der Waals surface area contributed by atoms with Gasteiger partial charge in [-0.25, -0.2) is 0 Å². The van der Waals surface area contributed by atoms with Crippen molar-refractivity contribution in [3.63, 3.8) is 0 Å². The Kier molecular flexibility index (Phi) is 5.93. The third-order valence-corrected chi connectivity index (χ3v) is 4.70. The average Bonchev–Trinajstić information content (AvgIpc) is 2.73. The van der Waals surface area contributed by atoms with Crippen molar-refractivity contribution >= 4 is 17.7 Å². The summed E-state index contributed by atoms with van der Waals surface area (Å²) in [5.74, 6) is -0.00540. The van der Waals surface area contributed by atoms with E-state index in [1.807, 2.05) is 24.3 Å². The number of nitrogens with zero attached hydrogens (tertiary/aromatic N) is 1. The predicted octanol–water partition coefficient (Wildman–Crippen LogP) is 1.44. The number of carbonyl (C=O) groups is 3. The van der Waals surface area contributed by atoms with Gasteiger partial charge in [0.2, 0.25) is 5.91 Å². The van der Waals surface area contributed by atoms with Gasteiger partial charge in [-0.2, -0.15) is 0 Å². The third kappa shape index (κ3) is 4.14. The molecule has 2 aromatic rings.